The summed E-state index contributed by atoms with van der Waals surface area (Å²) in [7, 11) is -3.29. The minimum Gasteiger partial charge on any atom is -0.353 e. The molecular formula is C14H27N3O3S. The number of amides is 1. The molecule has 1 N–H and O–H groups in total. The lowest BCUT2D eigenvalue weighted by Gasteiger charge is -2.28. The van der Waals surface area contributed by atoms with Crippen LogP contribution in [0, 0.1) is 0 Å². The van der Waals surface area contributed by atoms with E-state index in [0.717, 1.165) is 25.9 Å². The van der Waals surface area contributed by atoms with Crippen LogP contribution in [-0.2, 0) is 14.8 Å². The summed E-state index contributed by atoms with van der Waals surface area (Å²) < 4.78 is 24.7. The van der Waals surface area contributed by atoms with Crippen LogP contribution < -0.4 is 5.32 Å². The van der Waals surface area contributed by atoms with Crippen molar-refractivity contribution in [1.29, 1.82) is 0 Å². The van der Waals surface area contributed by atoms with Crippen molar-refractivity contribution in [3.63, 3.8) is 0 Å². The van der Waals surface area contributed by atoms with Crippen LogP contribution in [0.5, 0.6) is 0 Å². The predicted molar refractivity (Wildman–Crippen MR) is 82.5 cm³/mol. The summed E-state index contributed by atoms with van der Waals surface area (Å²) in [5, 5.41) is 2.97. The molecule has 2 aliphatic heterocycles. The Hall–Kier alpha value is -0.660. The number of sulfonamides is 1. The topological polar surface area (TPSA) is 69.7 Å². The van der Waals surface area contributed by atoms with Crippen LogP contribution in [-0.4, -0.2) is 68.0 Å². The molecule has 0 aliphatic carbocycles. The second-order valence-electron chi connectivity index (χ2n) is 6.08. The summed E-state index contributed by atoms with van der Waals surface area (Å²) in [6, 6.07) is -0.152. The Kier molecular flexibility index (Phi) is 5.62. The van der Waals surface area contributed by atoms with E-state index in [-0.39, 0.29) is 5.91 Å². The Bertz CT molecular complexity index is 460. The van der Waals surface area contributed by atoms with Gasteiger partial charge in [0, 0.05) is 19.1 Å². The first kappa shape index (κ1) is 16.7. The summed E-state index contributed by atoms with van der Waals surface area (Å²) in [5.74, 6) is -0.143. The van der Waals surface area contributed by atoms with Gasteiger partial charge in [0.1, 0.15) is 6.04 Å². The van der Waals surface area contributed by atoms with Gasteiger partial charge in [0.2, 0.25) is 15.9 Å². The average Bonchev–Trinajstić information content (AvgIpc) is 3.09. The van der Waals surface area contributed by atoms with Gasteiger partial charge in [-0.2, -0.15) is 4.31 Å². The second-order valence-corrected chi connectivity index (χ2v) is 8.02. The van der Waals surface area contributed by atoms with Crippen LogP contribution in [0.2, 0.25) is 0 Å². The number of carbonyl (C=O) groups excluding carboxylic acids is 1. The normalized spacial score (nSPS) is 26.1. The molecule has 2 fully saturated rings. The molecule has 122 valence electrons. The van der Waals surface area contributed by atoms with Crippen LogP contribution in [0.1, 0.15) is 39.0 Å². The summed E-state index contributed by atoms with van der Waals surface area (Å²) >= 11 is 0. The van der Waals surface area contributed by atoms with Gasteiger partial charge < -0.3 is 5.32 Å². The first-order chi connectivity index (χ1) is 9.93. The first-order valence-electron chi connectivity index (χ1n) is 7.92. The van der Waals surface area contributed by atoms with Crippen molar-refractivity contribution in [3.05, 3.63) is 0 Å². The van der Waals surface area contributed by atoms with Crippen molar-refractivity contribution in [2.45, 2.75) is 51.1 Å². The van der Waals surface area contributed by atoms with Crippen LogP contribution in [0.25, 0.3) is 0 Å². The Labute approximate surface area is 127 Å². The van der Waals surface area contributed by atoms with Gasteiger partial charge in [-0.05, 0) is 45.2 Å². The van der Waals surface area contributed by atoms with Crippen LogP contribution in [0.4, 0.5) is 0 Å². The van der Waals surface area contributed by atoms with Gasteiger partial charge in [-0.3, -0.25) is 9.69 Å². The zero-order chi connectivity index (χ0) is 15.5. The van der Waals surface area contributed by atoms with Gasteiger partial charge in [-0.1, -0.05) is 6.92 Å². The molecule has 0 aromatic rings. The highest BCUT2D eigenvalue weighted by Crippen LogP contribution is 2.20. The van der Waals surface area contributed by atoms with Crippen molar-refractivity contribution in [3.8, 4) is 0 Å². The smallest absolute Gasteiger partial charge is 0.238 e. The predicted octanol–water partition coefficient (Wildman–Crippen LogP) is 0.401. The molecule has 0 radical (unpaired) electrons. The van der Waals surface area contributed by atoms with Crippen molar-refractivity contribution in [2.75, 3.05) is 32.4 Å². The summed E-state index contributed by atoms with van der Waals surface area (Å²) in [4.78, 5) is 14.7. The van der Waals surface area contributed by atoms with Crippen molar-refractivity contribution in [2.24, 2.45) is 0 Å². The van der Waals surface area contributed by atoms with Crippen LogP contribution >= 0.6 is 0 Å². The Balaban J connectivity index is 1.88. The molecule has 2 aliphatic rings. The van der Waals surface area contributed by atoms with Gasteiger partial charge in [0.25, 0.3) is 0 Å². The van der Waals surface area contributed by atoms with Gasteiger partial charge in [0.05, 0.1) is 6.26 Å². The maximum atomic E-state index is 12.3. The van der Waals surface area contributed by atoms with E-state index < -0.39 is 16.1 Å². The van der Waals surface area contributed by atoms with E-state index in [9.17, 15) is 13.2 Å². The number of rotatable bonds is 6. The number of likely N-dealkylation sites (tertiary alicyclic amines) is 1. The third kappa shape index (κ3) is 4.17. The molecule has 0 spiro atoms. The van der Waals surface area contributed by atoms with E-state index in [1.54, 1.807) is 0 Å². The van der Waals surface area contributed by atoms with E-state index in [2.05, 4.69) is 17.1 Å². The quantitative estimate of drug-likeness (QED) is 0.770. The standard InChI is InChI=1S/C14H27N3O3S/c1-3-12(16-8-4-5-9-16)11-15-14(18)13-7-6-10-17(13)21(2,19)20/h12-13H,3-11H2,1-2H3,(H,15,18)/t12-,13-/m0/s1. The molecule has 2 rings (SSSR count). The average molecular weight is 317 g/mol. The Morgan fingerprint density at radius 3 is 2.48 bits per heavy atom. The number of nitrogens with zero attached hydrogens (tertiary/aromatic N) is 2. The Morgan fingerprint density at radius 1 is 1.24 bits per heavy atom. The summed E-state index contributed by atoms with van der Waals surface area (Å²) in [6.45, 7) is 5.41. The molecule has 0 aromatic heterocycles. The SMILES string of the molecule is CC[C@@H](CNC(=O)[C@@H]1CCCN1S(C)(=O)=O)N1CCCC1. The van der Waals surface area contributed by atoms with E-state index in [1.165, 1.54) is 23.4 Å². The van der Waals surface area contributed by atoms with Crippen LogP contribution in [0.15, 0.2) is 0 Å². The number of nitrogens with one attached hydrogen (secondary N) is 1. The third-order valence-electron chi connectivity index (χ3n) is 4.57. The van der Waals surface area contributed by atoms with Crippen molar-refractivity contribution in [1.82, 2.24) is 14.5 Å². The lowest BCUT2D eigenvalue weighted by Crippen LogP contribution is -2.49. The van der Waals surface area contributed by atoms with Crippen LogP contribution in [0.3, 0.4) is 0 Å². The number of hydrogen-bond acceptors (Lipinski definition) is 4. The highest BCUT2D eigenvalue weighted by molar-refractivity contribution is 7.88. The number of carbonyl (C=O) groups is 1. The maximum absolute atomic E-state index is 12.3. The number of hydrogen-bond donors (Lipinski definition) is 1. The zero-order valence-electron chi connectivity index (χ0n) is 13.0. The minimum absolute atomic E-state index is 0.143. The highest BCUT2D eigenvalue weighted by atomic mass is 32.2. The molecular weight excluding hydrogens is 290 g/mol. The minimum atomic E-state index is -3.29. The summed E-state index contributed by atoms with van der Waals surface area (Å²) in [6.07, 6.45) is 6.02. The highest BCUT2D eigenvalue weighted by Gasteiger charge is 2.36. The molecule has 0 saturated carbocycles. The largest absolute Gasteiger partial charge is 0.353 e. The van der Waals surface area contributed by atoms with Crippen molar-refractivity contribution < 1.29 is 13.2 Å². The van der Waals surface area contributed by atoms with Crippen molar-refractivity contribution >= 4 is 15.9 Å². The monoisotopic (exact) mass is 317 g/mol. The molecule has 0 aromatic carbocycles. The lowest BCUT2D eigenvalue weighted by molar-refractivity contribution is -0.124. The molecule has 2 saturated heterocycles. The second kappa shape index (κ2) is 7.07. The third-order valence-corrected chi connectivity index (χ3v) is 5.86. The van der Waals surface area contributed by atoms with E-state index in [4.69, 9.17) is 0 Å². The molecule has 1 amide bonds. The zero-order valence-corrected chi connectivity index (χ0v) is 13.9. The molecule has 6 nitrogen and oxygen atoms in total. The van der Waals surface area contributed by atoms with Gasteiger partial charge in [-0.15, -0.1) is 0 Å². The molecule has 2 heterocycles. The van der Waals surface area contributed by atoms with Gasteiger partial charge in [0.15, 0.2) is 0 Å². The molecule has 7 heteroatoms. The molecule has 0 bridgehead atoms. The molecule has 2 atom stereocenters. The fraction of sp³-hybridized carbons (Fsp3) is 0.929. The maximum Gasteiger partial charge on any atom is 0.238 e. The van der Waals surface area contributed by atoms with E-state index in [0.29, 0.717) is 25.6 Å². The summed E-state index contributed by atoms with van der Waals surface area (Å²) in [5.41, 5.74) is 0. The van der Waals surface area contributed by atoms with Gasteiger partial charge >= 0.3 is 0 Å². The lowest BCUT2D eigenvalue weighted by atomic mass is 10.1. The molecule has 0 unspecified atom stereocenters. The fourth-order valence-corrected chi connectivity index (χ4v) is 4.50. The Morgan fingerprint density at radius 2 is 1.90 bits per heavy atom. The first-order valence-corrected chi connectivity index (χ1v) is 9.77. The fourth-order valence-electron chi connectivity index (χ4n) is 3.37. The molecule has 21 heavy (non-hydrogen) atoms. The van der Waals surface area contributed by atoms with E-state index >= 15 is 0 Å². The van der Waals surface area contributed by atoms with Gasteiger partial charge in [-0.25, -0.2) is 8.42 Å². The van der Waals surface area contributed by atoms with E-state index in [1.807, 2.05) is 0 Å².